The van der Waals surface area contributed by atoms with Crippen LogP contribution >= 0.6 is 0 Å². The van der Waals surface area contributed by atoms with Crippen LogP contribution in [0.25, 0.3) is 0 Å². The summed E-state index contributed by atoms with van der Waals surface area (Å²) in [6.07, 6.45) is 3.10. The minimum atomic E-state index is -0.572. The summed E-state index contributed by atoms with van der Waals surface area (Å²) in [4.78, 5) is 0. The SMILES string of the molecule is C=CCC(C#N)(Cc1ccc(OC)cc1)c1ccccc1. The molecule has 0 heterocycles. The average molecular weight is 277 g/mol. The maximum atomic E-state index is 9.80. The topological polar surface area (TPSA) is 33.0 Å². The van der Waals surface area contributed by atoms with E-state index in [1.165, 1.54) is 0 Å². The Bertz CT molecular complexity index is 625. The number of hydrogen-bond donors (Lipinski definition) is 0. The van der Waals surface area contributed by atoms with Crippen molar-refractivity contribution >= 4 is 0 Å². The van der Waals surface area contributed by atoms with Crippen molar-refractivity contribution in [3.8, 4) is 11.8 Å². The second-order valence-electron chi connectivity index (χ2n) is 5.08. The Morgan fingerprint density at radius 2 is 1.81 bits per heavy atom. The zero-order valence-electron chi connectivity index (χ0n) is 12.3. The molecular weight excluding hydrogens is 258 g/mol. The van der Waals surface area contributed by atoms with Gasteiger partial charge in [-0.25, -0.2) is 0 Å². The lowest BCUT2D eigenvalue weighted by Gasteiger charge is -2.26. The number of nitriles is 1. The highest BCUT2D eigenvalue weighted by atomic mass is 16.5. The van der Waals surface area contributed by atoms with Gasteiger partial charge >= 0.3 is 0 Å². The smallest absolute Gasteiger partial charge is 0.118 e. The van der Waals surface area contributed by atoms with Crippen molar-refractivity contribution < 1.29 is 4.74 Å². The van der Waals surface area contributed by atoms with Gasteiger partial charge in [-0.05, 0) is 36.1 Å². The minimum absolute atomic E-state index is 0.572. The van der Waals surface area contributed by atoms with E-state index in [0.717, 1.165) is 16.9 Å². The second kappa shape index (κ2) is 6.76. The highest BCUT2D eigenvalue weighted by molar-refractivity contribution is 5.38. The first-order valence-corrected chi connectivity index (χ1v) is 6.95. The van der Waals surface area contributed by atoms with Crippen LogP contribution in [0.3, 0.4) is 0 Å². The van der Waals surface area contributed by atoms with Gasteiger partial charge in [0.25, 0.3) is 0 Å². The van der Waals surface area contributed by atoms with Gasteiger partial charge in [0.15, 0.2) is 0 Å². The Morgan fingerprint density at radius 1 is 1.14 bits per heavy atom. The van der Waals surface area contributed by atoms with Crippen molar-refractivity contribution in [2.75, 3.05) is 7.11 Å². The van der Waals surface area contributed by atoms with Crippen molar-refractivity contribution in [2.24, 2.45) is 0 Å². The highest BCUT2D eigenvalue weighted by Gasteiger charge is 2.31. The van der Waals surface area contributed by atoms with E-state index in [1.54, 1.807) is 7.11 Å². The molecule has 1 unspecified atom stereocenters. The van der Waals surface area contributed by atoms with Crippen LogP contribution in [-0.4, -0.2) is 7.11 Å². The number of methoxy groups -OCH3 is 1. The summed E-state index contributed by atoms with van der Waals surface area (Å²) in [6, 6.07) is 20.3. The predicted molar refractivity (Wildman–Crippen MR) is 85.2 cm³/mol. The largest absolute Gasteiger partial charge is 0.497 e. The normalized spacial score (nSPS) is 13.0. The maximum Gasteiger partial charge on any atom is 0.118 e. The molecule has 0 radical (unpaired) electrons. The summed E-state index contributed by atoms with van der Waals surface area (Å²) in [7, 11) is 1.65. The van der Waals surface area contributed by atoms with Gasteiger partial charge in [0.2, 0.25) is 0 Å². The molecule has 0 amide bonds. The van der Waals surface area contributed by atoms with Crippen LogP contribution in [0.1, 0.15) is 17.5 Å². The first-order valence-electron chi connectivity index (χ1n) is 6.95. The molecule has 106 valence electrons. The molecule has 1 atom stereocenters. The molecule has 2 aromatic carbocycles. The molecule has 0 saturated carbocycles. The third-order valence-corrected chi connectivity index (χ3v) is 3.70. The number of ether oxygens (including phenoxy) is 1. The summed E-state index contributed by atoms with van der Waals surface area (Å²) >= 11 is 0. The number of benzene rings is 2. The molecule has 0 N–H and O–H groups in total. The molecule has 0 bridgehead atoms. The van der Waals surface area contributed by atoms with Gasteiger partial charge in [-0.15, -0.1) is 6.58 Å². The molecule has 21 heavy (non-hydrogen) atoms. The summed E-state index contributed by atoms with van der Waals surface area (Å²) in [5.41, 5.74) is 1.57. The number of rotatable bonds is 6. The van der Waals surface area contributed by atoms with Crippen LogP contribution in [-0.2, 0) is 11.8 Å². The molecule has 0 aliphatic heterocycles. The van der Waals surface area contributed by atoms with E-state index < -0.39 is 5.41 Å². The average Bonchev–Trinajstić information content (AvgIpc) is 2.56. The van der Waals surface area contributed by atoms with Crippen molar-refractivity contribution in [3.05, 3.63) is 78.4 Å². The Labute approximate surface area is 126 Å². The highest BCUT2D eigenvalue weighted by Crippen LogP contribution is 2.32. The quantitative estimate of drug-likeness (QED) is 0.738. The van der Waals surface area contributed by atoms with Gasteiger partial charge in [-0.2, -0.15) is 5.26 Å². The van der Waals surface area contributed by atoms with Crippen LogP contribution in [0.5, 0.6) is 5.75 Å². The van der Waals surface area contributed by atoms with Crippen molar-refractivity contribution in [1.29, 1.82) is 5.26 Å². The van der Waals surface area contributed by atoms with E-state index in [1.807, 2.05) is 60.7 Å². The fourth-order valence-corrected chi connectivity index (χ4v) is 2.54. The summed E-state index contributed by atoms with van der Waals surface area (Å²) in [5, 5.41) is 9.80. The van der Waals surface area contributed by atoms with E-state index in [9.17, 15) is 5.26 Å². The van der Waals surface area contributed by atoms with Crippen LogP contribution in [0.4, 0.5) is 0 Å². The van der Waals surface area contributed by atoms with Gasteiger partial charge in [0.1, 0.15) is 5.75 Å². The van der Waals surface area contributed by atoms with Gasteiger partial charge in [0.05, 0.1) is 18.6 Å². The lowest BCUT2D eigenvalue weighted by atomic mass is 9.74. The Hall–Kier alpha value is -2.53. The Kier molecular flexibility index (Phi) is 4.79. The first kappa shape index (κ1) is 14.9. The van der Waals surface area contributed by atoms with Gasteiger partial charge in [-0.1, -0.05) is 48.5 Å². The van der Waals surface area contributed by atoms with E-state index in [-0.39, 0.29) is 0 Å². The molecule has 2 aromatic rings. The predicted octanol–water partition coefficient (Wildman–Crippen LogP) is 4.28. The van der Waals surface area contributed by atoms with Crippen LogP contribution in [0, 0.1) is 11.3 Å². The van der Waals surface area contributed by atoms with Crippen LogP contribution < -0.4 is 4.74 Å². The standard InChI is InChI=1S/C19H19NO/c1-3-13-19(15-20,17-7-5-4-6-8-17)14-16-9-11-18(21-2)12-10-16/h3-12H,1,13-14H2,2H3. The van der Waals surface area contributed by atoms with E-state index >= 15 is 0 Å². The Balaban J connectivity index is 2.36. The molecule has 0 aliphatic rings. The first-order chi connectivity index (χ1) is 10.2. The molecule has 2 rings (SSSR count). The van der Waals surface area contributed by atoms with E-state index in [4.69, 9.17) is 4.74 Å². The third-order valence-electron chi connectivity index (χ3n) is 3.70. The van der Waals surface area contributed by atoms with Gasteiger partial charge in [-0.3, -0.25) is 0 Å². The molecule has 2 nitrogen and oxygen atoms in total. The monoisotopic (exact) mass is 277 g/mol. The molecular formula is C19H19NO. The van der Waals surface area contributed by atoms with E-state index in [2.05, 4.69) is 12.6 Å². The molecule has 0 saturated heterocycles. The van der Waals surface area contributed by atoms with Crippen molar-refractivity contribution in [2.45, 2.75) is 18.3 Å². The lowest BCUT2D eigenvalue weighted by molar-refractivity contribution is 0.414. The number of allylic oxidation sites excluding steroid dienone is 1. The molecule has 0 spiro atoms. The summed E-state index contributed by atoms with van der Waals surface area (Å²) < 4.78 is 5.18. The molecule has 2 heteroatoms. The molecule has 0 fully saturated rings. The second-order valence-corrected chi connectivity index (χ2v) is 5.08. The zero-order chi connectivity index (χ0) is 15.1. The minimum Gasteiger partial charge on any atom is -0.497 e. The fourth-order valence-electron chi connectivity index (χ4n) is 2.54. The molecule has 0 aliphatic carbocycles. The van der Waals surface area contributed by atoms with Crippen molar-refractivity contribution in [3.63, 3.8) is 0 Å². The van der Waals surface area contributed by atoms with Gasteiger partial charge < -0.3 is 4.74 Å². The van der Waals surface area contributed by atoms with Gasteiger partial charge in [0, 0.05) is 0 Å². The summed E-state index contributed by atoms with van der Waals surface area (Å²) in [5.74, 6) is 0.824. The Morgan fingerprint density at radius 3 is 2.33 bits per heavy atom. The summed E-state index contributed by atoms with van der Waals surface area (Å²) in [6.45, 7) is 3.82. The van der Waals surface area contributed by atoms with E-state index in [0.29, 0.717) is 12.8 Å². The van der Waals surface area contributed by atoms with Crippen LogP contribution in [0.15, 0.2) is 67.3 Å². The fraction of sp³-hybridized carbons (Fsp3) is 0.211. The number of hydrogen-bond acceptors (Lipinski definition) is 2. The lowest BCUT2D eigenvalue weighted by Crippen LogP contribution is -2.26. The molecule has 0 aromatic heterocycles. The zero-order valence-corrected chi connectivity index (χ0v) is 12.3. The maximum absolute atomic E-state index is 9.80. The third kappa shape index (κ3) is 3.32. The van der Waals surface area contributed by atoms with Crippen molar-refractivity contribution in [1.82, 2.24) is 0 Å². The number of nitrogens with zero attached hydrogens (tertiary/aromatic N) is 1. The van der Waals surface area contributed by atoms with Crippen LogP contribution in [0.2, 0.25) is 0 Å².